The largest absolute Gasteiger partial charge is 0.468 e. The minimum Gasteiger partial charge on any atom is -0.468 e. The summed E-state index contributed by atoms with van der Waals surface area (Å²) in [5, 5.41) is 0. The maximum Gasteiger partial charge on any atom is 0.122 e. The lowest BCUT2D eigenvalue weighted by Crippen LogP contribution is -2.31. The molecule has 0 aliphatic carbocycles. The molecule has 0 amide bonds. The Morgan fingerprint density at radius 3 is 2.24 bits per heavy atom. The summed E-state index contributed by atoms with van der Waals surface area (Å²) in [6.07, 6.45) is 1.74. The zero-order valence-electron chi connectivity index (χ0n) is 11.6. The summed E-state index contributed by atoms with van der Waals surface area (Å²) < 4.78 is 5.53. The summed E-state index contributed by atoms with van der Waals surface area (Å²) in [6, 6.07) is 1.97. The second-order valence-corrected chi connectivity index (χ2v) is 5.55. The van der Waals surface area contributed by atoms with E-state index in [9.17, 15) is 0 Å². The van der Waals surface area contributed by atoms with E-state index in [1.165, 1.54) is 0 Å². The van der Waals surface area contributed by atoms with Crippen molar-refractivity contribution in [1.82, 2.24) is 4.90 Å². The fourth-order valence-electron chi connectivity index (χ4n) is 2.13. The van der Waals surface area contributed by atoms with Gasteiger partial charge in [-0.3, -0.25) is 4.90 Å². The van der Waals surface area contributed by atoms with Crippen LogP contribution in [0.25, 0.3) is 0 Å². The third-order valence-electron chi connectivity index (χ3n) is 2.67. The standard InChI is InChI=1S/C14H26N2O/c1-11(2)8-16(9-12(3)4)10-14-13(7-15)5-6-17-14/h5-6,11-12H,7-10,15H2,1-4H3. The zero-order valence-corrected chi connectivity index (χ0v) is 11.6. The molecule has 3 nitrogen and oxygen atoms in total. The van der Waals surface area contributed by atoms with Crippen LogP contribution >= 0.6 is 0 Å². The average Bonchev–Trinajstić information content (AvgIpc) is 2.62. The quantitative estimate of drug-likeness (QED) is 0.794. The van der Waals surface area contributed by atoms with Gasteiger partial charge in [0, 0.05) is 25.2 Å². The van der Waals surface area contributed by atoms with Crippen LogP contribution in [0.1, 0.15) is 39.0 Å². The normalized spacial score (nSPS) is 12.0. The Labute approximate surface area is 105 Å². The zero-order chi connectivity index (χ0) is 12.8. The molecule has 1 aromatic heterocycles. The van der Waals surface area contributed by atoms with Gasteiger partial charge >= 0.3 is 0 Å². The van der Waals surface area contributed by atoms with E-state index >= 15 is 0 Å². The van der Waals surface area contributed by atoms with Gasteiger partial charge in [0.25, 0.3) is 0 Å². The molecule has 17 heavy (non-hydrogen) atoms. The number of furan rings is 1. The first kappa shape index (κ1) is 14.3. The molecule has 98 valence electrons. The fraction of sp³-hybridized carbons (Fsp3) is 0.714. The van der Waals surface area contributed by atoms with Crippen molar-refractivity contribution < 1.29 is 4.42 Å². The van der Waals surface area contributed by atoms with Gasteiger partial charge in [0.2, 0.25) is 0 Å². The molecule has 1 aromatic rings. The molecule has 0 atom stereocenters. The number of hydrogen-bond acceptors (Lipinski definition) is 3. The molecule has 1 heterocycles. The van der Waals surface area contributed by atoms with Crippen LogP contribution in [0.15, 0.2) is 16.7 Å². The van der Waals surface area contributed by atoms with Crippen molar-refractivity contribution in [3.05, 3.63) is 23.7 Å². The third kappa shape index (κ3) is 4.92. The SMILES string of the molecule is CC(C)CN(Cc1occc1CN)CC(C)C. The highest BCUT2D eigenvalue weighted by Gasteiger charge is 2.13. The molecule has 0 radical (unpaired) electrons. The van der Waals surface area contributed by atoms with Gasteiger partial charge in [-0.2, -0.15) is 0 Å². The summed E-state index contributed by atoms with van der Waals surface area (Å²) in [7, 11) is 0. The number of nitrogens with two attached hydrogens (primary N) is 1. The predicted molar refractivity (Wildman–Crippen MR) is 71.6 cm³/mol. The Balaban J connectivity index is 2.64. The van der Waals surface area contributed by atoms with Gasteiger partial charge in [-0.15, -0.1) is 0 Å². The highest BCUT2D eigenvalue weighted by molar-refractivity contribution is 5.16. The minimum absolute atomic E-state index is 0.559. The van der Waals surface area contributed by atoms with Crippen molar-refractivity contribution >= 4 is 0 Å². The Hall–Kier alpha value is -0.800. The third-order valence-corrected chi connectivity index (χ3v) is 2.67. The van der Waals surface area contributed by atoms with E-state index in [0.29, 0.717) is 18.4 Å². The van der Waals surface area contributed by atoms with E-state index in [4.69, 9.17) is 10.2 Å². The minimum atomic E-state index is 0.559. The van der Waals surface area contributed by atoms with Crippen LogP contribution in [0.5, 0.6) is 0 Å². The van der Waals surface area contributed by atoms with Crippen LogP contribution in [-0.2, 0) is 13.1 Å². The van der Waals surface area contributed by atoms with Gasteiger partial charge in [0.1, 0.15) is 5.76 Å². The molecule has 0 bridgehead atoms. The monoisotopic (exact) mass is 238 g/mol. The summed E-state index contributed by atoms with van der Waals surface area (Å²) in [5.74, 6) is 2.36. The van der Waals surface area contributed by atoms with E-state index in [-0.39, 0.29) is 0 Å². The first-order valence-corrected chi connectivity index (χ1v) is 6.50. The van der Waals surface area contributed by atoms with E-state index in [2.05, 4.69) is 32.6 Å². The van der Waals surface area contributed by atoms with E-state index < -0.39 is 0 Å². The Bertz CT molecular complexity index is 308. The molecule has 0 aliphatic rings. The van der Waals surface area contributed by atoms with Gasteiger partial charge < -0.3 is 10.2 Å². The summed E-state index contributed by atoms with van der Waals surface area (Å²) in [4.78, 5) is 2.45. The smallest absolute Gasteiger partial charge is 0.122 e. The maximum absolute atomic E-state index is 5.69. The average molecular weight is 238 g/mol. The van der Waals surface area contributed by atoms with E-state index in [1.807, 2.05) is 6.07 Å². The molecular formula is C14H26N2O. The molecule has 0 fully saturated rings. The molecule has 0 unspecified atom stereocenters. The van der Waals surface area contributed by atoms with Crippen molar-refractivity contribution in [3.63, 3.8) is 0 Å². The Morgan fingerprint density at radius 2 is 1.76 bits per heavy atom. The van der Waals surface area contributed by atoms with Crippen molar-refractivity contribution in [2.45, 2.75) is 40.8 Å². The highest BCUT2D eigenvalue weighted by Crippen LogP contribution is 2.15. The van der Waals surface area contributed by atoms with E-state index in [1.54, 1.807) is 6.26 Å². The van der Waals surface area contributed by atoms with Crippen LogP contribution in [0.2, 0.25) is 0 Å². The second kappa shape index (κ2) is 6.82. The van der Waals surface area contributed by atoms with E-state index in [0.717, 1.165) is 31.0 Å². The second-order valence-electron chi connectivity index (χ2n) is 5.55. The van der Waals surface area contributed by atoms with Crippen LogP contribution in [0, 0.1) is 11.8 Å². The van der Waals surface area contributed by atoms with Crippen LogP contribution in [0.3, 0.4) is 0 Å². The molecule has 3 heteroatoms. The Kier molecular flexibility index (Phi) is 5.72. The van der Waals surface area contributed by atoms with Gasteiger partial charge in [-0.1, -0.05) is 27.7 Å². The van der Waals surface area contributed by atoms with Crippen molar-refractivity contribution in [2.75, 3.05) is 13.1 Å². The lowest BCUT2D eigenvalue weighted by atomic mass is 10.1. The lowest BCUT2D eigenvalue weighted by Gasteiger charge is -2.25. The molecule has 0 aliphatic heterocycles. The van der Waals surface area contributed by atoms with Crippen molar-refractivity contribution in [3.8, 4) is 0 Å². The van der Waals surface area contributed by atoms with Crippen LogP contribution in [-0.4, -0.2) is 18.0 Å². The Morgan fingerprint density at radius 1 is 1.18 bits per heavy atom. The molecular weight excluding hydrogens is 212 g/mol. The van der Waals surface area contributed by atoms with Gasteiger partial charge in [-0.25, -0.2) is 0 Å². The molecule has 1 rings (SSSR count). The van der Waals surface area contributed by atoms with Gasteiger partial charge in [-0.05, 0) is 17.9 Å². The maximum atomic E-state index is 5.69. The first-order chi connectivity index (χ1) is 8.02. The highest BCUT2D eigenvalue weighted by atomic mass is 16.3. The van der Waals surface area contributed by atoms with Crippen LogP contribution < -0.4 is 5.73 Å². The van der Waals surface area contributed by atoms with Crippen molar-refractivity contribution in [1.29, 1.82) is 0 Å². The van der Waals surface area contributed by atoms with Gasteiger partial charge in [0.05, 0.1) is 12.8 Å². The topological polar surface area (TPSA) is 42.4 Å². The number of rotatable bonds is 7. The summed E-state index contributed by atoms with van der Waals surface area (Å²) in [6.45, 7) is 12.6. The fourth-order valence-corrected chi connectivity index (χ4v) is 2.13. The summed E-state index contributed by atoms with van der Waals surface area (Å²) >= 11 is 0. The summed E-state index contributed by atoms with van der Waals surface area (Å²) in [5.41, 5.74) is 6.82. The molecule has 0 saturated carbocycles. The number of nitrogens with zero attached hydrogens (tertiary/aromatic N) is 1. The van der Waals surface area contributed by atoms with Crippen LogP contribution in [0.4, 0.5) is 0 Å². The van der Waals surface area contributed by atoms with Gasteiger partial charge in [0.15, 0.2) is 0 Å². The number of hydrogen-bond donors (Lipinski definition) is 1. The first-order valence-electron chi connectivity index (χ1n) is 6.50. The molecule has 0 spiro atoms. The molecule has 0 aromatic carbocycles. The van der Waals surface area contributed by atoms with Crippen molar-refractivity contribution in [2.24, 2.45) is 17.6 Å². The lowest BCUT2D eigenvalue weighted by molar-refractivity contribution is 0.196. The predicted octanol–water partition coefficient (Wildman–Crippen LogP) is 2.85. The molecule has 0 saturated heterocycles. The molecule has 2 N–H and O–H groups in total.